The summed E-state index contributed by atoms with van der Waals surface area (Å²) in [5.41, 5.74) is 0.154. The number of rotatable bonds is 3. The van der Waals surface area contributed by atoms with Gasteiger partial charge in [0, 0.05) is 6.04 Å². The molecule has 1 aromatic rings. The molecule has 0 radical (unpaired) electrons. The summed E-state index contributed by atoms with van der Waals surface area (Å²) in [6, 6.07) is 1.28. The molecule has 0 fully saturated rings. The van der Waals surface area contributed by atoms with Crippen LogP contribution in [-0.2, 0) is 0 Å². The van der Waals surface area contributed by atoms with Crippen molar-refractivity contribution in [2.24, 2.45) is 0 Å². The highest BCUT2D eigenvalue weighted by Gasteiger charge is 2.14. The molecule has 0 saturated heterocycles. The molecule has 0 aliphatic heterocycles. The van der Waals surface area contributed by atoms with Gasteiger partial charge in [0.15, 0.2) is 0 Å². The maximum absolute atomic E-state index is 11.3. The van der Waals surface area contributed by atoms with E-state index in [1.54, 1.807) is 0 Å². The van der Waals surface area contributed by atoms with Gasteiger partial charge >= 0.3 is 5.97 Å². The van der Waals surface area contributed by atoms with Gasteiger partial charge in [-0.05, 0) is 31.4 Å². The normalized spacial score (nSPS) is 10.2. The predicted octanol–water partition coefficient (Wildman–Crippen LogP) is 0.980. The molecular formula is C8H10N2O3S. The van der Waals surface area contributed by atoms with Crippen LogP contribution in [0.4, 0.5) is 0 Å². The molecule has 1 aromatic heterocycles. The van der Waals surface area contributed by atoms with Crippen LogP contribution in [0.1, 0.15) is 34.0 Å². The summed E-state index contributed by atoms with van der Waals surface area (Å²) in [5, 5.41) is 11.2. The van der Waals surface area contributed by atoms with E-state index in [9.17, 15) is 9.59 Å². The molecule has 0 spiro atoms. The zero-order chi connectivity index (χ0) is 10.7. The average molecular weight is 214 g/mol. The summed E-state index contributed by atoms with van der Waals surface area (Å²) in [5.74, 6) is -1.41. The molecule has 2 N–H and O–H groups in total. The van der Waals surface area contributed by atoms with Gasteiger partial charge < -0.3 is 10.4 Å². The Labute approximate surface area is 84.9 Å². The zero-order valence-corrected chi connectivity index (χ0v) is 8.59. The third-order valence-corrected chi connectivity index (χ3v) is 2.15. The Kier molecular flexibility index (Phi) is 3.19. The van der Waals surface area contributed by atoms with Crippen LogP contribution in [0.5, 0.6) is 0 Å². The molecule has 0 aromatic carbocycles. The first-order chi connectivity index (χ1) is 6.50. The Morgan fingerprint density at radius 1 is 1.57 bits per heavy atom. The number of carboxylic acid groups (broad SMARTS) is 1. The van der Waals surface area contributed by atoms with Crippen molar-refractivity contribution >= 4 is 23.4 Å². The van der Waals surface area contributed by atoms with Gasteiger partial charge in [-0.25, -0.2) is 4.79 Å². The standard InChI is InChI=1S/C8H10N2O3S/c1-4(2)9-7(11)5-3-6(8(12)13)14-10-5/h3-4H,1-2H3,(H,9,11)(H,12,13). The van der Waals surface area contributed by atoms with Crippen molar-refractivity contribution in [2.75, 3.05) is 0 Å². The van der Waals surface area contributed by atoms with Crippen molar-refractivity contribution < 1.29 is 14.7 Å². The number of amides is 1. The van der Waals surface area contributed by atoms with Crippen LogP contribution in [0.3, 0.4) is 0 Å². The minimum atomic E-state index is -1.06. The Morgan fingerprint density at radius 3 is 2.64 bits per heavy atom. The van der Waals surface area contributed by atoms with Crippen molar-refractivity contribution in [1.82, 2.24) is 9.69 Å². The maximum Gasteiger partial charge on any atom is 0.347 e. The van der Waals surface area contributed by atoms with Crippen molar-refractivity contribution in [2.45, 2.75) is 19.9 Å². The Morgan fingerprint density at radius 2 is 2.21 bits per heavy atom. The van der Waals surface area contributed by atoms with Crippen LogP contribution >= 0.6 is 11.5 Å². The molecule has 1 heterocycles. The van der Waals surface area contributed by atoms with Crippen molar-refractivity contribution in [1.29, 1.82) is 0 Å². The number of aromatic carboxylic acids is 1. The largest absolute Gasteiger partial charge is 0.477 e. The van der Waals surface area contributed by atoms with Gasteiger partial charge in [-0.2, -0.15) is 4.37 Å². The minimum absolute atomic E-state index is 0.0116. The van der Waals surface area contributed by atoms with E-state index in [0.717, 1.165) is 11.5 Å². The lowest BCUT2D eigenvalue weighted by Gasteiger charge is -2.04. The van der Waals surface area contributed by atoms with Crippen molar-refractivity contribution in [3.8, 4) is 0 Å². The van der Waals surface area contributed by atoms with E-state index in [1.807, 2.05) is 13.8 Å². The smallest absolute Gasteiger partial charge is 0.347 e. The quantitative estimate of drug-likeness (QED) is 0.786. The third kappa shape index (κ3) is 2.53. The fourth-order valence-electron chi connectivity index (χ4n) is 0.819. The first-order valence-corrected chi connectivity index (χ1v) is 4.79. The van der Waals surface area contributed by atoms with Crippen LogP contribution in [0, 0.1) is 0 Å². The van der Waals surface area contributed by atoms with Crippen molar-refractivity contribution in [3.05, 3.63) is 16.6 Å². The van der Waals surface area contributed by atoms with Gasteiger partial charge in [-0.1, -0.05) is 0 Å². The first kappa shape index (κ1) is 10.6. The lowest BCUT2D eigenvalue weighted by molar-refractivity contribution is 0.0702. The SMILES string of the molecule is CC(C)NC(=O)c1cc(C(=O)O)sn1. The van der Waals surface area contributed by atoms with E-state index in [-0.39, 0.29) is 22.5 Å². The molecule has 0 aliphatic carbocycles. The monoisotopic (exact) mass is 214 g/mol. The summed E-state index contributed by atoms with van der Waals surface area (Å²) in [6.07, 6.45) is 0. The summed E-state index contributed by atoms with van der Waals surface area (Å²) >= 11 is 0.803. The van der Waals surface area contributed by atoms with Gasteiger partial charge in [0.1, 0.15) is 10.6 Å². The molecule has 5 nitrogen and oxygen atoms in total. The fraction of sp³-hybridized carbons (Fsp3) is 0.375. The van der Waals surface area contributed by atoms with E-state index in [2.05, 4.69) is 9.69 Å². The van der Waals surface area contributed by atoms with Gasteiger partial charge in [0.25, 0.3) is 5.91 Å². The maximum atomic E-state index is 11.3. The minimum Gasteiger partial charge on any atom is -0.477 e. The summed E-state index contributed by atoms with van der Waals surface area (Å²) in [6.45, 7) is 3.64. The van der Waals surface area contributed by atoms with Crippen LogP contribution in [0.2, 0.25) is 0 Å². The van der Waals surface area contributed by atoms with E-state index in [0.29, 0.717) is 0 Å². The van der Waals surface area contributed by atoms with E-state index in [1.165, 1.54) is 6.07 Å². The van der Waals surface area contributed by atoms with Gasteiger partial charge in [-0.15, -0.1) is 0 Å². The fourth-order valence-corrected chi connectivity index (χ4v) is 1.39. The zero-order valence-electron chi connectivity index (χ0n) is 7.77. The Bertz CT molecular complexity index is 359. The number of carbonyl (C=O) groups excluding carboxylic acids is 1. The number of aromatic nitrogens is 1. The second kappa shape index (κ2) is 4.19. The predicted molar refractivity (Wildman–Crippen MR) is 51.7 cm³/mol. The number of hydrogen-bond acceptors (Lipinski definition) is 4. The third-order valence-electron chi connectivity index (χ3n) is 1.37. The molecule has 0 aliphatic rings. The highest BCUT2D eigenvalue weighted by Crippen LogP contribution is 2.09. The van der Waals surface area contributed by atoms with Gasteiger partial charge in [-0.3, -0.25) is 4.79 Å². The molecule has 0 bridgehead atoms. The van der Waals surface area contributed by atoms with Crippen LogP contribution in [0.15, 0.2) is 6.07 Å². The number of nitrogens with zero attached hydrogens (tertiary/aromatic N) is 1. The van der Waals surface area contributed by atoms with Crippen LogP contribution in [-0.4, -0.2) is 27.4 Å². The number of nitrogens with one attached hydrogen (secondary N) is 1. The lowest BCUT2D eigenvalue weighted by Crippen LogP contribution is -2.30. The molecule has 1 amide bonds. The highest BCUT2D eigenvalue weighted by atomic mass is 32.1. The molecule has 76 valence electrons. The van der Waals surface area contributed by atoms with Crippen LogP contribution in [0.25, 0.3) is 0 Å². The molecular weight excluding hydrogens is 204 g/mol. The van der Waals surface area contributed by atoms with Gasteiger partial charge in [0.05, 0.1) is 0 Å². The first-order valence-electron chi connectivity index (χ1n) is 4.01. The average Bonchev–Trinajstić information content (AvgIpc) is 2.50. The highest BCUT2D eigenvalue weighted by molar-refractivity contribution is 7.08. The molecule has 0 atom stereocenters. The summed E-state index contributed by atoms with van der Waals surface area (Å²) in [7, 11) is 0. The van der Waals surface area contributed by atoms with Crippen LogP contribution < -0.4 is 5.32 Å². The second-order valence-corrected chi connectivity index (χ2v) is 3.81. The van der Waals surface area contributed by atoms with Gasteiger partial charge in [0.2, 0.25) is 0 Å². The Balaban J connectivity index is 2.76. The van der Waals surface area contributed by atoms with E-state index >= 15 is 0 Å². The van der Waals surface area contributed by atoms with E-state index < -0.39 is 5.97 Å². The number of carboxylic acids is 1. The number of hydrogen-bond donors (Lipinski definition) is 2. The van der Waals surface area contributed by atoms with E-state index in [4.69, 9.17) is 5.11 Å². The molecule has 0 unspecified atom stereocenters. The molecule has 6 heteroatoms. The topological polar surface area (TPSA) is 79.3 Å². The summed E-state index contributed by atoms with van der Waals surface area (Å²) in [4.78, 5) is 21.9. The second-order valence-electron chi connectivity index (χ2n) is 3.01. The molecule has 14 heavy (non-hydrogen) atoms. The van der Waals surface area contributed by atoms with Crippen molar-refractivity contribution in [3.63, 3.8) is 0 Å². The molecule has 0 saturated carbocycles. The Hall–Kier alpha value is -1.43. The lowest BCUT2D eigenvalue weighted by atomic mass is 10.3. The molecule has 1 rings (SSSR count). The number of carbonyl (C=O) groups is 2. The summed E-state index contributed by atoms with van der Waals surface area (Å²) < 4.78 is 3.74.